The summed E-state index contributed by atoms with van der Waals surface area (Å²) in [5, 5.41) is 2.29. The number of nitrogens with one attached hydrogen (secondary N) is 1. The van der Waals surface area contributed by atoms with Crippen molar-refractivity contribution in [3.8, 4) is 17.1 Å². The number of amides is 1. The number of carbonyl (C=O) groups is 1. The Labute approximate surface area is 174 Å². The molecule has 0 unspecified atom stereocenters. The summed E-state index contributed by atoms with van der Waals surface area (Å²) in [7, 11) is 0. The lowest BCUT2D eigenvalue weighted by atomic mass is 10.1. The zero-order chi connectivity index (χ0) is 22.0. The van der Waals surface area contributed by atoms with Gasteiger partial charge in [-0.15, -0.1) is 0 Å². The van der Waals surface area contributed by atoms with E-state index in [1.54, 1.807) is 24.5 Å². The fourth-order valence-corrected chi connectivity index (χ4v) is 2.98. The molecule has 0 saturated heterocycles. The van der Waals surface area contributed by atoms with Gasteiger partial charge in [-0.05, 0) is 36.8 Å². The molecule has 0 atom stereocenters. The molecule has 10 heteroatoms. The average molecular weight is 427 g/mol. The third-order valence-corrected chi connectivity index (χ3v) is 4.48. The molecule has 4 heterocycles. The fourth-order valence-electron chi connectivity index (χ4n) is 2.98. The van der Waals surface area contributed by atoms with Gasteiger partial charge in [-0.2, -0.15) is 13.2 Å². The molecular formula is C21H16F3N5O2. The Morgan fingerprint density at radius 2 is 1.94 bits per heavy atom. The van der Waals surface area contributed by atoms with Crippen LogP contribution in [0.25, 0.3) is 16.9 Å². The highest BCUT2D eigenvalue weighted by Crippen LogP contribution is 2.32. The van der Waals surface area contributed by atoms with E-state index in [1.165, 1.54) is 6.92 Å². The molecule has 4 aromatic rings. The summed E-state index contributed by atoms with van der Waals surface area (Å²) < 4.78 is 46.2. The number of aromatic nitrogens is 4. The third kappa shape index (κ3) is 4.47. The number of ether oxygens (including phenoxy) is 1. The highest BCUT2D eigenvalue weighted by Gasteiger charge is 2.33. The van der Waals surface area contributed by atoms with Crippen LogP contribution in [0.4, 0.5) is 19.0 Å². The van der Waals surface area contributed by atoms with Crippen LogP contribution in [-0.4, -0.2) is 31.9 Å². The number of anilines is 1. The van der Waals surface area contributed by atoms with Crippen molar-refractivity contribution in [2.45, 2.75) is 13.1 Å². The van der Waals surface area contributed by atoms with Crippen LogP contribution in [0.1, 0.15) is 11.1 Å². The standard InChI is InChI=1S/C21H16F3N5O2/c1-13-9-25-17(8-15(13)21(22,23)24)28-19(30)12-31-20-6-5-14(10-27-20)16-11-26-18-4-2-3-7-29(16)18/h2-11H,12H2,1H3,(H,25,28,30). The van der Waals surface area contributed by atoms with Crippen LogP contribution < -0.4 is 10.1 Å². The Hall–Kier alpha value is -3.95. The Morgan fingerprint density at radius 1 is 1.10 bits per heavy atom. The summed E-state index contributed by atoms with van der Waals surface area (Å²) in [5.41, 5.74) is 1.56. The second-order valence-corrected chi connectivity index (χ2v) is 6.68. The van der Waals surface area contributed by atoms with Crippen LogP contribution in [-0.2, 0) is 11.0 Å². The molecule has 0 spiro atoms. The van der Waals surface area contributed by atoms with Crippen molar-refractivity contribution in [2.75, 3.05) is 11.9 Å². The van der Waals surface area contributed by atoms with E-state index in [4.69, 9.17) is 4.74 Å². The van der Waals surface area contributed by atoms with E-state index in [2.05, 4.69) is 20.3 Å². The van der Waals surface area contributed by atoms with E-state index in [0.717, 1.165) is 29.2 Å². The van der Waals surface area contributed by atoms with Crippen LogP contribution in [0.15, 0.2) is 61.2 Å². The monoisotopic (exact) mass is 427 g/mol. The average Bonchev–Trinajstić information content (AvgIpc) is 3.17. The van der Waals surface area contributed by atoms with Gasteiger partial charge in [0.2, 0.25) is 5.88 Å². The highest BCUT2D eigenvalue weighted by molar-refractivity contribution is 5.91. The van der Waals surface area contributed by atoms with Crippen molar-refractivity contribution in [1.82, 2.24) is 19.4 Å². The Balaban J connectivity index is 1.39. The van der Waals surface area contributed by atoms with E-state index >= 15 is 0 Å². The van der Waals surface area contributed by atoms with Gasteiger partial charge in [-0.25, -0.2) is 15.0 Å². The SMILES string of the molecule is Cc1cnc(NC(=O)COc2ccc(-c3cnc4ccccn34)cn2)cc1C(F)(F)F. The predicted octanol–water partition coefficient (Wildman–Crippen LogP) is 4.14. The Kier molecular flexibility index (Phi) is 5.28. The van der Waals surface area contributed by atoms with Crippen LogP contribution in [0.5, 0.6) is 5.88 Å². The third-order valence-electron chi connectivity index (χ3n) is 4.48. The number of halogens is 3. The molecule has 1 amide bonds. The number of fused-ring (bicyclic) bond motifs is 1. The van der Waals surface area contributed by atoms with Gasteiger partial charge in [0, 0.05) is 30.2 Å². The molecule has 0 radical (unpaired) electrons. The summed E-state index contributed by atoms with van der Waals surface area (Å²) in [6, 6.07) is 9.82. The first kappa shape index (κ1) is 20.3. The molecule has 0 saturated carbocycles. The van der Waals surface area contributed by atoms with Gasteiger partial charge in [0.15, 0.2) is 6.61 Å². The van der Waals surface area contributed by atoms with Gasteiger partial charge in [0.1, 0.15) is 11.5 Å². The molecule has 0 aromatic carbocycles. The number of aryl methyl sites for hydroxylation is 1. The number of hydrogen-bond donors (Lipinski definition) is 1. The molecule has 4 rings (SSSR count). The molecule has 0 bridgehead atoms. The Morgan fingerprint density at radius 3 is 2.68 bits per heavy atom. The normalized spacial score (nSPS) is 11.5. The minimum atomic E-state index is -4.53. The highest BCUT2D eigenvalue weighted by atomic mass is 19.4. The zero-order valence-corrected chi connectivity index (χ0v) is 16.2. The first-order valence-electron chi connectivity index (χ1n) is 9.16. The smallest absolute Gasteiger partial charge is 0.416 e. The molecule has 0 aliphatic heterocycles. The number of hydrogen-bond acceptors (Lipinski definition) is 5. The largest absolute Gasteiger partial charge is 0.468 e. The summed E-state index contributed by atoms with van der Waals surface area (Å²) >= 11 is 0. The van der Waals surface area contributed by atoms with Crippen molar-refractivity contribution in [1.29, 1.82) is 0 Å². The molecule has 0 fully saturated rings. The van der Waals surface area contributed by atoms with Gasteiger partial charge < -0.3 is 10.1 Å². The number of imidazole rings is 1. The van der Waals surface area contributed by atoms with Crippen LogP contribution in [0, 0.1) is 6.92 Å². The first-order chi connectivity index (χ1) is 14.8. The minimum absolute atomic E-state index is 0.0306. The lowest BCUT2D eigenvalue weighted by Gasteiger charge is -2.12. The summed E-state index contributed by atoms with van der Waals surface area (Å²) in [6.07, 6.45) is 1.72. The second-order valence-electron chi connectivity index (χ2n) is 6.68. The van der Waals surface area contributed by atoms with E-state index in [1.807, 2.05) is 28.8 Å². The number of rotatable bonds is 5. The van der Waals surface area contributed by atoms with E-state index < -0.39 is 24.3 Å². The van der Waals surface area contributed by atoms with Gasteiger partial charge in [-0.1, -0.05) is 6.07 Å². The van der Waals surface area contributed by atoms with Crippen LogP contribution in [0.3, 0.4) is 0 Å². The molecule has 0 aliphatic rings. The molecule has 158 valence electrons. The van der Waals surface area contributed by atoms with Crippen molar-refractivity contribution in [3.05, 3.63) is 72.3 Å². The van der Waals surface area contributed by atoms with Gasteiger partial charge in [0.25, 0.3) is 5.91 Å². The number of alkyl halides is 3. The van der Waals surface area contributed by atoms with E-state index in [-0.39, 0.29) is 17.3 Å². The first-order valence-corrected chi connectivity index (χ1v) is 9.16. The van der Waals surface area contributed by atoms with Crippen LogP contribution >= 0.6 is 0 Å². The quantitative estimate of drug-likeness (QED) is 0.518. The van der Waals surface area contributed by atoms with Gasteiger partial charge in [-0.3, -0.25) is 9.20 Å². The zero-order valence-electron chi connectivity index (χ0n) is 16.2. The van der Waals surface area contributed by atoms with Crippen molar-refractivity contribution in [3.63, 3.8) is 0 Å². The summed E-state index contributed by atoms with van der Waals surface area (Å²) in [5.74, 6) is -0.667. The number of pyridine rings is 3. The lowest BCUT2D eigenvalue weighted by molar-refractivity contribution is -0.138. The molecule has 7 nitrogen and oxygen atoms in total. The molecule has 0 aliphatic carbocycles. The summed E-state index contributed by atoms with van der Waals surface area (Å²) in [4.78, 5) is 24.3. The number of nitrogens with zero attached hydrogens (tertiary/aromatic N) is 4. The van der Waals surface area contributed by atoms with Crippen molar-refractivity contribution in [2.24, 2.45) is 0 Å². The van der Waals surface area contributed by atoms with Gasteiger partial charge >= 0.3 is 6.18 Å². The molecule has 1 N–H and O–H groups in total. The number of carbonyl (C=O) groups excluding carboxylic acids is 1. The van der Waals surface area contributed by atoms with Crippen molar-refractivity contribution >= 4 is 17.4 Å². The van der Waals surface area contributed by atoms with Crippen LogP contribution in [0.2, 0.25) is 0 Å². The Bertz CT molecular complexity index is 1240. The predicted molar refractivity (Wildman–Crippen MR) is 107 cm³/mol. The molecule has 31 heavy (non-hydrogen) atoms. The fraction of sp³-hybridized carbons (Fsp3) is 0.143. The maximum atomic E-state index is 13.0. The maximum absolute atomic E-state index is 13.0. The molecular weight excluding hydrogens is 411 g/mol. The lowest BCUT2D eigenvalue weighted by Crippen LogP contribution is -2.21. The maximum Gasteiger partial charge on any atom is 0.416 e. The van der Waals surface area contributed by atoms with Gasteiger partial charge in [0.05, 0.1) is 17.5 Å². The minimum Gasteiger partial charge on any atom is -0.468 e. The van der Waals surface area contributed by atoms with Crippen molar-refractivity contribution < 1.29 is 22.7 Å². The van der Waals surface area contributed by atoms with E-state index in [0.29, 0.717) is 0 Å². The van der Waals surface area contributed by atoms with E-state index in [9.17, 15) is 18.0 Å². The molecule has 4 aromatic heterocycles. The second kappa shape index (κ2) is 8.05. The summed E-state index contributed by atoms with van der Waals surface area (Å²) in [6.45, 7) is 0.867. The topological polar surface area (TPSA) is 81.4 Å².